The van der Waals surface area contributed by atoms with Gasteiger partial charge in [0.1, 0.15) is 5.54 Å². The van der Waals surface area contributed by atoms with Gasteiger partial charge in [-0.1, -0.05) is 0 Å². The lowest BCUT2D eigenvalue weighted by Gasteiger charge is -2.45. The molecule has 1 saturated heterocycles. The molecular weight excluding hydrogens is 244 g/mol. The molecule has 1 aliphatic carbocycles. The molecule has 0 radical (unpaired) electrons. The molecule has 2 rings (SSSR count). The van der Waals surface area contributed by atoms with Gasteiger partial charge in [-0.2, -0.15) is 0 Å². The van der Waals surface area contributed by atoms with Crippen molar-refractivity contribution in [2.45, 2.75) is 32.2 Å². The van der Waals surface area contributed by atoms with Gasteiger partial charge in [-0.25, -0.2) is 4.79 Å². The molecule has 1 spiro atoms. The third-order valence-corrected chi connectivity index (χ3v) is 4.00. The average Bonchev–Trinajstić information content (AvgIpc) is 2.87. The van der Waals surface area contributed by atoms with Crippen molar-refractivity contribution in [2.75, 3.05) is 26.2 Å². The van der Waals surface area contributed by atoms with Gasteiger partial charge < -0.3 is 22.3 Å². The minimum atomic E-state index is 0. The van der Waals surface area contributed by atoms with Crippen LogP contribution in [0.2, 0.25) is 0 Å². The normalized spacial score (nSPS) is 33.6. The fraction of sp³-hybridized carbons (Fsp3) is 0.900. The molecule has 0 aromatic heterocycles. The minimum absolute atomic E-state index is 0. The Labute approximate surface area is 96.2 Å². The largest absolute Gasteiger partial charge is 1.00 e. The molecule has 3 nitrogen and oxygen atoms in total. The summed E-state index contributed by atoms with van der Waals surface area (Å²) in [4.78, 5) is 11.8. The van der Waals surface area contributed by atoms with E-state index >= 15 is 0 Å². The van der Waals surface area contributed by atoms with Crippen molar-refractivity contribution in [1.82, 2.24) is 5.32 Å². The van der Waals surface area contributed by atoms with Crippen molar-refractivity contribution in [2.24, 2.45) is 0 Å². The number of piperazine rings is 1. The molecule has 1 atom stereocenters. The number of halogens is 1. The summed E-state index contributed by atoms with van der Waals surface area (Å²) in [6, 6.07) is 0. The highest BCUT2D eigenvalue weighted by Crippen LogP contribution is 2.47. The van der Waals surface area contributed by atoms with Crippen molar-refractivity contribution in [3.63, 3.8) is 0 Å². The maximum atomic E-state index is 11.8. The summed E-state index contributed by atoms with van der Waals surface area (Å²) < 4.78 is 0.736. The molecular formula is C10H19BrN2O. The highest BCUT2D eigenvalue weighted by Gasteiger charge is 2.62. The van der Waals surface area contributed by atoms with E-state index in [9.17, 15) is 4.79 Å². The van der Waals surface area contributed by atoms with Crippen molar-refractivity contribution < 1.29 is 26.3 Å². The van der Waals surface area contributed by atoms with E-state index in [1.807, 2.05) is 0 Å². The molecule has 2 fully saturated rings. The summed E-state index contributed by atoms with van der Waals surface area (Å²) in [6.07, 6.45) is 2.46. The Morgan fingerprint density at radius 1 is 1.50 bits per heavy atom. The van der Waals surface area contributed by atoms with Crippen LogP contribution in [-0.2, 0) is 4.79 Å². The zero-order chi connectivity index (χ0) is 9.53. The first-order valence-corrected chi connectivity index (χ1v) is 5.26. The van der Waals surface area contributed by atoms with Gasteiger partial charge in [0.05, 0.1) is 26.6 Å². The van der Waals surface area contributed by atoms with E-state index in [1.54, 1.807) is 6.92 Å². The van der Waals surface area contributed by atoms with Crippen LogP contribution < -0.4 is 22.3 Å². The van der Waals surface area contributed by atoms with Crippen LogP contribution >= 0.6 is 0 Å². The third-order valence-electron chi connectivity index (χ3n) is 4.00. The molecule has 1 saturated carbocycles. The van der Waals surface area contributed by atoms with E-state index in [-0.39, 0.29) is 17.0 Å². The van der Waals surface area contributed by atoms with E-state index in [2.05, 4.69) is 12.2 Å². The summed E-state index contributed by atoms with van der Waals surface area (Å²) in [5, 5.41) is 3.41. The number of hydrogen-bond acceptors (Lipinski definition) is 2. The van der Waals surface area contributed by atoms with Gasteiger partial charge >= 0.3 is 5.91 Å². The maximum absolute atomic E-state index is 11.8. The van der Waals surface area contributed by atoms with Crippen LogP contribution in [0.15, 0.2) is 0 Å². The third kappa shape index (κ3) is 1.44. The summed E-state index contributed by atoms with van der Waals surface area (Å²) in [5.74, 6) is 0.363. The number of carbonyl (C=O) groups is 1. The summed E-state index contributed by atoms with van der Waals surface area (Å²) in [7, 11) is 0. The van der Waals surface area contributed by atoms with E-state index < -0.39 is 0 Å². The zero-order valence-corrected chi connectivity index (χ0v) is 10.6. The Balaban J connectivity index is 0.000000980. The molecule has 1 N–H and O–H groups in total. The van der Waals surface area contributed by atoms with Crippen LogP contribution in [0, 0.1) is 0 Å². The molecule has 14 heavy (non-hydrogen) atoms. The van der Waals surface area contributed by atoms with Gasteiger partial charge in [0, 0.05) is 19.4 Å². The Morgan fingerprint density at radius 3 is 2.50 bits per heavy atom. The van der Waals surface area contributed by atoms with Crippen LogP contribution in [0.5, 0.6) is 0 Å². The fourth-order valence-corrected chi connectivity index (χ4v) is 2.94. The van der Waals surface area contributed by atoms with Gasteiger partial charge in [0.2, 0.25) is 0 Å². The standard InChI is InChI=1S/C10H19N2O.BrH/c1-3-12(9(2)13)7-6-11-8-10(12)4-5-10;/h11H,3-8H2,1-2H3;1H/q+1;/p-1. The number of nitrogens with one attached hydrogen (secondary N) is 1. The fourth-order valence-electron chi connectivity index (χ4n) is 2.94. The molecule has 0 aromatic carbocycles. The molecule has 0 bridgehead atoms. The second kappa shape index (κ2) is 3.91. The van der Waals surface area contributed by atoms with Crippen molar-refractivity contribution in [3.05, 3.63) is 0 Å². The van der Waals surface area contributed by atoms with Crippen LogP contribution in [-0.4, -0.2) is 42.1 Å². The van der Waals surface area contributed by atoms with Gasteiger partial charge in [-0.3, -0.25) is 4.48 Å². The quantitative estimate of drug-likeness (QED) is 0.530. The molecule has 1 amide bonds. The Hall–Kier alpha value is 0.0700. The van der Waals surface area contributed by atoms with E-state index in [0.717, 1.165) is 30.7 Å². The zero-order valence-electron chi connectivity index (χ0n) is 8.98. The maximum Gasteiger partial charge on any atom is 0.311 e. The Bertz CT molecular complexity index is 240. The lowest BCUT2D eigenvalue weighted by molar-refractivity contribution is -0.890. The van der Waals surface area contributed by atoms with Crippen LogP contribution in [0.1, 0.15) is 26.7 Å². The molecule has 0 aromatic rings. The molecule has 4 heteroatoms. The molecule has 82 valence electrons. The number of carbonyl (C=O) groups excluding carboxylic acids is 1. The second-order valence-electron chi connectivity index (χ2n) is 4.43. The van der Waals surface area contributed by atoms with Gasteiger partial charge in [0.25, 0.3) is 0 Å². The second-order valence-corrected chi connectivity index (χ2v) is 4.43. The molecule has 2 aliphatic rings. The number of amides is 1. The lowest BCUT2D eigenvalue weighted by Crippen LogP contribution is -3.00. The van der Waals surface area contributed by atoms with Crippen molar-refractivity contribution >= 4 is 5.91 Å². The van der Waals surface area contributed by atoms with Gasteiger partial charge in [-0.05, 0) is 6.92 Å². The van der Waals surface area contributed by atoms with Crippen LogP contribution in [0.4, 0.5) is 0 Å². The number of nitrogens with zero attached hydrogens (tertiary/aromatic N) is 1. The van der Waals surface area contributed by atoms with Crippen molar-refractivity contribution in [1.29, 1.82) is 0 Å². The predicted octanol–water partition coefficient (Wildman–Crippen LogP) is -2.49. The highest BCUT2D eigenvalue weighted by molar-refractivity contribution is 5.67. The van der Waals surface area contributed by atoms with Crippen LogP contribution in [0.25, 0.3) is 0 Å². The van der Waals surface area contributed by atoms with Gasteiger partial charge in [-0.15, -0.1) is 0 Å². The number of likely N-dealkylation sites (N-methyl/N-ethyl adjacent to an activating group) is 1. The van der Waals surface area contributed by atoms with Crippen LogP contribution in [0.3, 0.4) is 0 Å². The summed E-state index contributed by atoms with van der Waals surface area (Å²) >= 11 is 0. The van der Waals surface area contributed by atoms with E-state index in [0.29, 0.717) is 11.4 Å². The molecule has 1 unspecified atom stereocenters. The minimum Gasteiger partial charge on any atom is -1.00 e. The van der Waals surface area contributed by atoms with E-state index in [1.165, 1.54) is 12.8 Å². The van der Waals surface area contributed by atoms with Gasteiger partial charge in [0.15, 0.2) is 0 Å². The van der Waals surface area contributed by atoms with E-state index in [4.69, 9.17) is 0 Å². The average molecular weight is 263 g/mol. The summed E-state index contributed by atoms with van der Waals surface area (Å²) in [6.45, 7) is 7.90. The molecule has 1 aliphatic heterocycles. The Kier molecular flexibility index (Phi) is 3.39. The highest BCUT2D eigenvalue weighted by atomic mass is 79.9. The summed E-state index contributed by atoms with van der Waals surface area (Å²) in [5.41, 5.74) is 0.291. The smallest absolute Gasteiger partial charge is 0.311 e. The monoisotopic (exact) mass is 262 g/mol. The number of quaternary nitrogens is 1. The Morgan fingerprint density at radius 2 is 2.14 bits per heavy atom. The topological polar surface area (TPSA) is 29.1 Å². The first-order chi connectivity index (χ1) is 6.17. The lowest BCUT2D eigenvalue weighted by atomic mass is 10.1. The SMILES string of the molecule is CC[N+]1(C(C)=O)CCNCC12CC2.[Br-]. The first kappa shape index (κ1) is 12.1. The predicted molar refractivity (Wildman–Crippen MR) is 51.2 cm³/mol. The number of hydrogen-bond donors (Lipinski definition) is 1. The number of rotatable bonds is 1. The van der Waals surface area contributed by atoms with Crippen molar-refractivity contribution in [3.8, 4) is 0 Å². The molecule has 1 heterocycles. The first-order valence-electron chi connectivity index (χ1n) is 5.26.